The van der Waals surface area contributed by atoms with E-state index in [0.29, 0.717) is 5.82 Å². The third-order valence-electron chi connectivity index (χ3n) is 2.18. The van der Waals surface area contributed by atoms with Crippen LogP contribution in [0.25, 0.3) is 0 Å². The molecule has 0 spiro atoms. The highest BCUT2D eigenvalue weighted by atomic mass is 16.1. The first-order valence-electron chi connectivity index (χ1n) is 4.81. The number of rotatable bonds is 3. The van der Waals surface area contributed by atoms with Crippen molar-refractivity contribution in [1.82, 2.24) is 9.97 Å². The molecule has 1 rings (SSSR count). The fourth-order valence-corrected chi connectivity index (χ4v) is 1.51. The molecule has 1 aromatic heterocycles. The summed E-state index contributed by atoms with van der Waals surface area (Å²) in [6.07, 6.45) is 3.50. The number of ketones is 1. The van der Waals surface area contributed by atoms with Crippen LogP contribution in [0.5, 0.6) is 0 Å². The smallest absolute Gasteiger partial charge is 0.140 e. The van der Waals surface area contributed by atoms with Crippen molar-refractivity contribution in [3.63, 3.8) is 0 Å². The minimum Gasteiger partial charge on any atom is -0.299 e. The average molecular weight is 192 g/mol. The zero-order chi connectivity index (χ0) is 10.7. The second-order valence-electron chi connectivity index (χ2n) is 3.95. The van der Waals surface area contributed by atoms with E-state index in [2.05, 4.69) is 9.97 Å². The summed E-state index contributed by atoms with van der Waals surface area (Å²) in [7, 11) is 0. The third kappa shape index (κ3) is 2.37. The molecule has 1 heterocycles. The quantitative estimate of drug-likeness (QED) is 0.736. The van der Waals surface area contributed by atoms with Crippen molar-refractivity contribution in [2.24, 2.45) is 5.92 Å². The Morgan fingerprint density at radius 2 is 1.79 bits per heavy atom. The third-order valence-corrected chi connectivity index (χ3v) is 2.18. The van der Waals surface area contributed by atoms with Crippen LogP contribution in [0, 0.1) is 12.8 Å². The van der Waals surface area contributed by atoms with E-state index in [9.17, 15) is 4.79 Å². The van der Waals surface area contributed by atoms with Gasteiger partial charge in [0.1, 0.15) is 11.6 Å². The molecule has 76 valence electrons. The molecule has 1 aromatic rings. The normalized spacial score (nSPS) is 12.9. The molecule has 0 bridgehead atoms. The largest absolute Gasteiger partial charge is 0.299 e. The van der Waals surface area contributed by atoms with E-state index >= 15 is 0 Å². The van der Waals surface area contributed by atoms with Crippen molar-refractivity contribution < 1.29 is 4.79 Å². The second-order valence-corrected chi connectivity index (χ2v) is 3.95. The van der Waals surface area contributed by atoms with Gasteiger partial charge in [0.25, 0.3) is 0 Å². The van der Waals surface area contributed by atoms with Gasteiger partial charge >= 0.3 is 0 Å². The predicted molar refractivity (Wildman–Crippen MR) is 55.0 cm³/mol. The number of aryl methyl sites for hydroxylation is 1. The van der Waals surface area contributed by atoms with Crippen LogP contribution < -0.4 is 0 Å². The van der Waals surface area contributed by atoms with Crippen LogP contribution in [-0.2, 0) is 4.79 Å². The van der Waals surface area contributed by atoms with Gasteiger partial charge in [0.05, 0.1) is 5.92 Å². The minimum absolute atomic E-state index is 0.129. The van der Waals surface area contributed by atoms with Gasteiger partial charge in [-0.3, -0.25) is 4.79 Å². The van der Waals surface area contributed by atoms with Gasteiger partial charge in [0.15, 0.2) is 0 Å². The fraction of sp³-hybridized carbons (Fsp3) is 0.545. The monoisotopic (exact) mass is 192 g/mol. The van der Waals surface area contributed by atoms with Crippen LogP contribution in [0.2, 0.25) is 0 Å². The van der Waals surface area contributed by atoms with Gasteiger partial charge in [-0.25, -0.2) is 9.97 Å². The van der Waals surface area contributed by atoms with Gasteiger partial charge in [-0.1, -0.05) is 13.8 Å². The molecule has 14 heavy (non-hydrogen) atoms. The Morgan fingerprint density at radius 1 is 1.29 bits per heavy atom. The van der Waals surface area contributed by atoms with E-state index < -0.39 is 0 Å². The second kappa shape index (κ2) is 4.31. The molecule has 0 fully saturated rings. The summed E-state index contributed by atoms with van der Waals surface area (Å²) in [4.78, 5) is 19.8. The van der Waals surface area contributed by atoms with Crippen LogP contribution in [0.3, 0.4) is 0 Å². The first-order chi connectivity index (χ1) is 6.52. The maximum Gasteiger partial charge on any atom is 0.140 e. The number of Topliss-reactive ketones (excluding diaryl/α,β-unsaturated/α-hetero) is 1. The van der Waals surface area contributed by atoms with Crippen molar-refractivity contribution in [1.29, 1.82) is 0 Å². The van der Waals surface area contributed by atoms with Crippen molar-refractivity contribution in [2.75, 3.05) is 0 Å². The summed E-state index contributed by atoms with van der Waals surface area (Å²) in [5, 5.41) is 0. The van der Waals surface area contributed by atoms with Crippen LogP contribution in [0.1, 0.15) is 38.1 Å². The molecule has 0 aliphatic carbocycles. The Kier molecular flexibility index (Phi) is 3.33. The number of carbonyl (C=O) groups is 1. The molecule has 0 aromatic carbocycles. The number of hydrogen-bond donors (Lipinski definition) is 0. The lowest BCUT2D eigenvalue weighted by Gasteiger charge is -2.15. The van der Waals surface area contributed by atoms with Gasteiger partial charge in [0, 0.05) is 12.4 Å². The van der Waals surface area contributed by atoms with Crippen molar-refractivity contribution in [3.8, 4) is 0 Å². The highest BCUT2D eigenvalue weighted by Crippen LogP contribution is 2.21. The van der Waals surface area contributed by atoms with E-state index in [1.165, 1.54) is 0 Å². The highest BCUT2D eigenvalue weighted by Gasteiger charge is 2.22. The average Bonchev–Trinajstić information content (AvgIpc) is 2.07. The molecule has 1 unspecified atom stereocenters. The minimum atomic E-state index is -0.171. The summed E-state index contributed by atoms with van der Waals surface area (Å²) in [5.74, 6) is 0.841. The molecule has 0 saturated carbocycles. The molecule has 0 N–H and O–H groups in total. The Morgan fingerprint density at radius 3 is 2.14 bits per heavy atom. The first-order valence-corrected chi connectivity index (χ1v) is 4.81. The summed E-state index contributed by atoms with van der Waals surface area (Å²) in [6, 6.07) is 0. The molecule has 0 aliphatic rings. The number of carbonyl (C=O) groups excluding carboxylic acids is 1. The number of hydrogen-bond acceptors (Lipinski definition) is 3. The van der Waals surface area contributed by atoms with Gasteiger partial charge in [-0.15, -0.1) is 0 Å². The lowest BCUT2D eigenvalue weighted by Crippen LogP contribution is -2.18. The number of nitrogens with zero attached hydrogens (tertiary/aromatic N) is 2. The molecular formula is C11H16N2O. The highest BCUT2D eigenvalue weighted by molar-refractivity contribution is 5.82. The predicted octanol–water partition coefficient (Wildman–Crippen LogP) is 2.11. The zero-order valence-electron chi connectivity index (χ0n) is 9.11. The molecular weight excluding hydrogens is 176 g/mol. The molecule has 3 nitrogen and oxygen atoms in total. The maximum absolute atomic E-state index is 11.4. The van der Waals surface area contributed by atoms with Crippen molar-refractivity contribution >= 4 is 5.78 Å². The van der Waals surface area contributed by atoms with Gasteiger partial charge in [-0.05, 0) is 25.3 Å². The zero-order valence-corrected chi connectivity index (χ0v) is 9.11. The van der Waals surface area contributed by atoms with E-state index in [0.717, 1.165) is 5.56 Å². The van der Waals surface area contributed by atoms with Crippen LogP contribution in [0.15, 0.2) is 12.4 Å². The molecule has 1 atom stereocenters. The summed E-state index contributed by atoms with van der Waals surface area (Å²) >= 11 is 0. The lowest BCUT2D eigenvalue weighted by atomic mass is 9.91. The molecule has 0 aliphatic heterocycles. The summed E-state index contributed by atoms with van der Waals surface area (Å²) in [5.41, 5.74) is 1.01. The van der Waals surface area contributed by atoms with Crippen molar-refractivity contribution in [2.45, 2.75) is 33.6 Å². The Hall–Kier alpha value is -1.25. The maximum atomic E-state index is 11.4. The molecule has 0 radical (unpaired) electrons. The van der Waals surface area contributed by atoms with E-state index in [-0.39, 0.29) is 17.6 Å². The van der Waals surface area contributed by atoms with Gasteiger partial charge < -0.3 is 0 Å². The van der Waals surface area contributed by atoms with Crippen molar-refractivity contribution in [3.05, 3.63) is 23.8 Å². The fourth-order valence-electron chi connectivity index (χ4n) is 1.51. The van der Waals surface area contributed by atoms with E-state index in [1.807, 2.05) is 20.8 Å². The van der Waals surface area contributed by atoms with Crippen LogP contribution in [-0.4, -0.2) is 15.8 Å². The Bertz CT molecular complexity index is 317. The number of aromatic nitrogens is 2. The lowest BCUT2D eigenvalue weighted by molar-refractivity contribution is -0.119. The Labute approximate surface area is 84.6 Å². The van der Waals surface area contributed by atoms with Crippen LogP contribution in [0.4, 0.5) is 0 Å². The summed E-state index contributed by atoms with van der Waals surface area (Å²) < 4.78 is 0. The molecule has 0 saturated heterocycles. The SMILES string of the molecule is CC(=O)C(c1ncc(C)cn1)C(C)C. The van der Waals surface area contributed by atoms with Gasteiger partial charge in [-0.2, -0.15) is 0 Å². The van der Waals surface area contributed by atoms with E-state index in [4.69, 9.17) is 0 Å². The van der Waals surface area contributed by atoms with Gasteiger partial charge in [0.2, 0.25) is 0 Å². The summed E-state index contributed by atoms with van der Waals surface area (Å²) in [6.45, 7) is 7.54. The molecule has 0 amide bonds. The molecule has 3 heteroatoms. The van der Waals surface area contributed by atoms with Crippen LogP contribution >= 0.6 is 0 Å². The first kappa shape index (κ1) is 10.8. The Balaban J connectivity index is 3.00. The topological polar surface area (TPSA) is 42.9 Å². The van der Waals surface area contributed by atoms with E-state index in [1.54, 1.807) is 19.3 Å². The standard InChI is InChI=1S/C11H16N2O/c1-7(2)10(9(4)14)11-12-5-8(3)6-13-11/h5-7,10H,1-4H3.